The Kier molecular flexibility index (Phi) is 18.2. The topological polar surface area (TPSA) is 31.5 Å². The van der Waals surface area contributed by atoms with Crippen LogP contribution in [0.1, 0.15) is 138 Å². The van der Waals surface area contributed by atoms with Crippen molar-refractivity contribution in [3.63, 3.8) is 0 Å². The van der Waals surface area contributed by atoms with Crippen LogP contribution >= 0.6 is 0 Å². The average molecular weight is 655 g/mol. The van der Waals surface area contributed by atoms with Crippen LogP contribution in [0.4, 0.5) is 0 Å². The van der Waals surface area contributed by atoms with E-state index in [0.29, 0.717) is 0 Å². The first-order valence-corrected chi connectivity index (χ1v) is 15.0. The molecule has 0 heterocycles. The molecule has 0 atom stereocenters. The summed E-state index contributed by atoms with van der Waals surface area (Å²) in [6.07, 6.45) is 13.7. The molecule has 43 heavy (non-hydrogen) atoms. The van der Waals surface area contributed by atoms with E-state index in [1.165, 1.54) is 66.9 Å². The van der Waals surface area contributed by atoms with Crippen molar-refractivity contribution in [3.05, 3.63) is 91.2 Å². The van der Waals surface area contributed by atoms with Gasteiger partial charge in [-0.1, -0.05) is 132 Å². The molecule has 2 N–H and O–H groups in total. The van der Waals surface area contributed by atoms with Crippen molar-refractivity contribution in [2.24, 2.45) is 21.7 Å². The molecular weight excluding hydrogens is 592 g/mol. The Morgan fingerprint density at radius 1 is 0.326 bits per heavy atom. The predicted molar refractivity (Wildman–Crippen MR) is 182 cm³/mol. The van der Waals surface area contributed by atoms with Crippen LogP contribution in [0.5, 0.6) is 0 Å². The Hall–Kier alpha value is -0.691. The van der Waals surface area contributed by atoms with Crippen molar-refractivity contribution in [3.8, 4) is 0 Å². The molecule has 0 spiro atoms. The van der Waals surface area contributed by atoms with Gasteiger partial charge in [-0.25, -0.2) is 22.3 Å². The van der Waals surface area contributed by atoms with Crippen molar-refractivity contribution in [2.75, 3.05) is 0 Å². The van der Waals surface area contributed by atoms with E-state index in [0.717, 1.165) is 0 Å². The molecule has 1 radical (unpaired) electrons. The molecule has 4 aliphatic carbocycles. The van der Waals surface area contributed by atoms with Gasteiger partial charge in [0.1, 0.15) is 0 Å². The van der Waals surface area contributed by atoms with Crippen molar-refractivity contribution < 1.29 is 48.9 Å². The molecule has 0 saturated carbocycles. The summed E-state index contributed by atoms with van der Waals surface area (Å²) >= 11 is 0. The van der Waals surface area contributed by atoms with Crippen molar-refractivity contribution in [1.29, 1.82) is 0 Å². The monoisotopic (exact) mass is 654 g/mol. The molecule has 237 valence electrons. The summed E-state index contributed by atoms with van der Waals surface area (Å²) in [5.41, 5.74) is 17.6. The number of allylic oxidation sites excluding steroid dienone is 16. The molecule has 0 saturated heterocycles. The van der Waals surface area contributed by atoms with Gasteiger partial charge < -0.3 is 5.48 Å². The van der Waals surface area contributed by atoms with Gasteiger partial charge in [-0.2, -0.15) is 44.6 Å². The molecule has 3 heteroatoms. The van der Waals surface area contributed by atoms with E-state index >= 15 is 0 Å². The van der Waals surface area contributed by atoms with E-state index in [1.807, 2.05) is 0 Å². The van der Waals surface area contributed by atoms with Gasteiger partial charge in [0, 0.05) is 21.7 Å². The van der Waals surface area contributed by atoms with E-state index in [2.05, 4.69) is 163 Å². The Balaban J connectivity index is -0.000000485. The molecule has 0 amide bonds. The zero-order chi connectivity index (χ0) is 31.8. The van der Waals surface area contributed by atoms with E-state index < -0.39 is 0 Å². The summed E-state index contributed by atoms with van der Waals surface area (Å²) in [5, 5.41) is 0. The average Bonchev–Trinajstić information content (AvgIpc) is 3.28. The quantitative estimate of drug-likeness (QED) is 0.184. The van der Waals surface area contributed by atoms with Gasteiger partial charge in [-0.3, -0.25) is 24.3 Å². The first-order valence-electron chi connectivity index (χ1n) is 15.0. The van der Waals surface area contributed by atoms with Gasteiger partial charge in [0.05, 0.1) is 0 Å². The molecule has 0 aromatic heterocycles. The van der Waals surface area contributed by atoms with Gasteiger partial charge >= 0.3 is 21.7 Å². The SMILES string of the molecule is CC1=[C-]C(C)(C)C(C)=C1C.CC1=[C-]C(C)(C)C(C)=C1C.CC1=[C-]C(C)(C)C(C)=C1C.CC1=[C-]C(C)(C)C(C)=C1C.O.[Ti+3].[Ti]. The maximum Gasteiger partial charge on any atom is 3.00 e. The summed E-state index contributed by atoms with van der Waals surface area (Å²) < 4.78 is 0. The molecule has 4 aliphatic rings. The Morgan fingerprint density at radius 2 is 0.442 bits per heavy atom. The van der Waals surface area contributed by atoms with Crippen molar-refractivity contribution >= 4 is 0 Å². The molecule has 0 unspecified atom stereocenters. The van der Waals surface area contributed by atoms with E-state index in [-0.39, 0.29) is 70.6 Å². The predicted octanol–water partition coefficient (Wildman–Crippen LogP) is 11.6. The fourth-order valence-electron chi connectivity index (χ4n) is 5.62. The molecule has 0 aromatic rings. The van der Waals surface area contributed by atoms with Crippen LogP contribution in [0.25, 0.3) is 0 Å². The molecule has 0 aliphatic heterocycles. The minimum absolute atomic E-state index is 0. The summed E-state index contributed by atoms with van der Waals surface area (Å²) in [6.45, 7) is 43.7. The van der Waals surface area contributed by atoms with Gasteiger partial charge in [0.2, 0.25) is 0 Å². The van der Waals surface area contributed by atoms with Gasteiger partial charge in [0.15, 0.2) is 0 Å². The van der Waals surface area contributed by atoms with E-state index in [1.54, 1.807) is 0 Å². The van der Waals surface area contributed by atoms with Gasteiger partial charge in [-0.05, 0) is 0 Å². The summed E-state index contributed by atoms with van der Waals surface area (Å²) in [6, 6.07) is 0. The van der Waals surface area contributed by atoms with Gasteiger partial charge in [-0.15, -0.1) is 27.7 Å². The van der Waals surface area contributed by atoms with Crippen LogP contribution in [-0.4, -0.2) is 5.48 Å². The largest absolute Gasteiger partial charge is 3.00 e. The second-order valence-electron chi connectivity index (χ2n) is 14.5. The summed E-state index contributed by atoms with van der Waals surface area (Å²) in [7, 11) is 0. The second-order valence-corrected chi connectivity index (χ2v) is 14.5. The van der Waals surface area contributed by atoms with Crippen LogP contribution in [0, 0.1) is 46.0 Å². The maximum atomic E-state index is 3.44. The third kappa shape index (κ3) is 11.3. The van der Waals surface area contributed by atoms with Crippen LogP contribution in [0.3, 0.4) is 0 Å². The summed E-state index contributed by atoms with van der Waals surface area (Å²) in [5.74, 6) is 0. The fraction of sp³-hybridized carbons (Fsp3) is 0.600. The smallest absolute Gasteiger partial charge is 0.412 e. The van der Waals surface area contributed by atoms with Crippen LogP contribution in [0.15, 0.2) is 66.9 Å². The standard InChI is InChI=1S/4C10H15.H2O.2Ti/c4*1-7-6-10(4,5)9(3)8(7)2;;;/h4*1-5H3;1H2;;/q4*-1;;;+3. The Bertz CT molecular complexity index is 1080. The molecule has 1 nitrogen and oxygen atoms in total. The molecule has 0 fully saturated rings. The van der Waals surface area contributed by atoms with Crippen LogP contribution in [0.2, 0.25) is 0 Å². The Morgan fingerprint density at radius 3 is 0.465 bits per heavy atom. The van der Waals surface area contributed by atoms with Crippen molar-refractivity contribution in [1.82, 2.24) is 0 Å². The van der Waals surface area contributed by atoms with Crippen molar-refractivity contribution in [2.45, 2.75) is 138 Å². The Labute approximate surface area is 298 Å². The zero-order valence-electron chi connectivity index (χ0n) is 31.5. The second kappa shape index (κ2) is 16.7. The van der Waals surface area contributed by atoms with E-state index in [9.17, 15) is 0 Å². The minimum atomic E-state index is 0. The summed E-state index contributed by atoms with van der Waals surface area (Å²) in [4.78, 5) is 0. The maximum absolute atomic E-state index is 3.44. The van der Waals surface area contributed by atoms with Crippen LogP contribution < -0.4 is 0 Å². The first-order chi connectivity index (χ1) is 17.8. The number of rotatable bonds is 0. The fourth-order valence-corrected chi connectivity index (χ4v) is 5.62. The first kappa shape index (κ1) is 46.7. The molecular formula is C40H62OTi2-. The third-order valence-electron chi connectivity index (χ3n) is 10.2. The van der Waals surface area contributed by atoms with Crippen LogP contribution in [-0.2, 0) is 43.4 Å². The van der Waals surface area contributed by atoms with Gasteiger partial charge in [0.25, 0.3) is 0 Å². The minimum Gasteiger partial charge on any atom is -0.412 e. The number of hydrogen-bond donors (Lipinski definition) is 0. The molecule has 0 aromatic carbocycles. The molecule has 4 rings (SSSR count). The normalized spacial score (nSPS) is 21.9. The zero-order valence-corrected chi connectivity index (χ0v) is 34.6. The molecule has 0 bridgehead atoms. The number of hydrogen-bond acceptors (Lipinski definition) is 0. The van der Waals surface area contributed by atoms with E-state index in [4.69, 9.17) is 0 Å². The third-order valence-corrected chi connectivity index (χ3v) is 10.2.